The molecule has 5 nitrogen and oxygen atoms in total. The van der Waals surface area contributed by atoms with E-state index in [2.05, 4.69) is 15.5 Å². The minimum Gasteiger partial charge on any atom is -0.491 e. The molecule has 1 amide bonds. The van der Waals surface area contributed by atoms with Gasteiger partial charge >= 0.3 is 0 Å². The number of nitrogens with one attached hydrogen (secondary N) is 2. The number of hydrogen-bond donors (Lipinski definition) is 2. The van der Waals surface area contributed by atoms with Gasteiger partial charge in [-0.3, -0.25) is 9.89 Å². The number of benzene rings is 2. The molecule has 118 valence electrons. The summed E-state index contributed by atoms with van der Waals surface area (Å²) >= 11 is 0. The van der Waals surface area contributed by atoms with Crippen molar-refractivity contribution >= 4 is 16.8 Å². The van der Waals surface area contributed by atoms with Gasteiger partial charge in [-0.25, -0.2) is 0 Å². The van der Waals surface area contributed by atoms with Crippen LogP contribution in [-0.4, -0.2) is 22.2 Å². The molecule has 0 atom stereocenters. The lowest BCUT2D eigenvalue weighted by Gasteiger charge is -2.10. The third kappa shape index (κ3) is 3.69. The Morgan fingerprint density at radius 3 is 2.74 bits per heavy atom. The quantitative estimate of drug-likeness (QED) is 0.760. The summed E-state index contributed by atoms with van der Waals surface area (Å²) in [5.41, 5.74) is 2.49. The Bertz CT molecular complexity index is 807. The summed E-state index contributed by atoms with van der Waals surface area (Å²) in [5, 5.41) is 10.7. The number of ether oxygens (including phenoxy) is 1. The molecule has 1 aromatic heterocycles. The third-order valence-electron chi connectivity index (χ3n) is 3.45. The molecule has 0 spiro atoms. The number of carbonyl (C=O) groups is 1. The van der Waals surface area contributed by atoms with E-state index in [1.165, 1.54) is 0 Å². The summed E-state index contributed by atoms with van der Waals surface area (Å²) in [7, 11) is 0. The number of nitrogens with zero attached hydrogens (tertiary/aromatic N) is 1. The Morgan fingerprint density at radius 1 is 1.22 bits per heavy atom. The van der Waals surface area contributed by atoms with Gasteiger partial charge in [-0.05, 0) is 43.7 Å². The zero-order valence-corrected chi connectivity index (χ0v) is 13.2. The first-order valence-electron chi connectivity index (χ1n) is 7.59. The number of amides is 1. The van der Waals surface area contributed by atoms with Gasteiger partial charge in [0, 0.05) is 17.5 Å². The molecule has 0 aliphatic heterocycles. The molecule has 2 aromatic carbocycles. The third-order valence-corrected chi connectivity index (χ3v) is 3.45. The van der Waals surface area contributed by atoms with Crippen molar-refractivity contribution in [3.63, 3.8) is 0 Å². The summed E-state index contributed by atoms with van der Waals surface area (Å²) in [6, 6.07) is 13.2. The number of fused-ring (bicyclic) bond motifs is 1. The first-order chi connectivity index (χ1) is 11.1. The highest BCUT2D eigenvalue weighted by atomic mass is 16.5. The van der Waals surface area contributed by atoms with Gasteiger partial charge in [0.2, 0.25) is 0 Å². The monoisotopic (exact) mass is 309 g/mol. The maximum Gasteiger partial charge on any atom is 0.251 e. The average Bonchev–Trinajstić information content (AvgIpc) is 3.01. The molecule has 0 saturated carbocycles. The van der Waals surface area contributed by atoms with Crippen LogP contribution in [0.3, 0.4) is 0 Å². The van der Waals surface area contributed by atoms with Crippen molar-refractivity contribution < 1.29 is 9.53 Å². The largest absolute Gasteiger partial charge is 0.491 e. The van der Waals surface area contributed by atoms with E-state index >= 15 is 0 Å². The molecule has 5 heteroatoms. The standard InChI is InChI=1S/C18H19N3O2/c1-12(2)23-16-7-3-13(4-8-16)10-19-18(22)14-5-6-15-11-20-21-17(15)9-14/h3-9,11-12H,10H2,1-2H3,(H,19,22)(H,20,21). The van der Waals surface area contributed by atoms with Crippen molar-refractivity contribution in [3.05, 3.63) is 59.8 Å². The lowest BCUT2D eigenvalue weighted by atomic mass is 10.1. The Hall–Kier alpha value is -2.82. The summed E-state index contributed by atoms with van der Waals surface area (Å²) in [6.07, 6.45) is 1.88. The average molecular weight is 309 g/mol. The zero-order chi connectivity index (χ0) is 16.2. The van der Waals surface area contributed by atoms with Gasteiger partial charge in [-0.2, -0.15) is 5.10 Å². The van der Waals surface area contributed by atoms with Gasteiger partial charge in [0.05, 0.1) is 17.8 Å². The molecule has 1 heterocycles. The van der Waals surface area contributed by atoms with Crippen molar-refractivity contribution in [1.29, 1.82) is 0 Å². The van der Waals surface area contributed by atoms with E-state index in [1.54, 1.807) is 18.3 Å². The maximum atomic E-state index is 12.2. The van der Waals surface area contributed by atoms with E-state index in [0.717, 1.165) is 22.2 Å². The Labute approximate surface area is 134 Å². The topological polar surface area (TPSA) is 67.0 Å². The molecule has 2 N–H and O–H groups in total. The smallest absolute Gasteiger partial charge is 0.251 e. The fourth-order valence-electron chi connectivity index (χ4n) is 2.32. The van der Waals surface area contributed by atoms with Crippen LogP contribution < -0.4 is 10.1 Å². The summed E-state index contributed by atoms with van der Waals surface area (Å²) in [5.74, 6) is 0.726. The lowest BCUT2D eigenvalue weighted by Crippen LogP contribution is -2.22. The molecule has 3 aromatic rings. The van der Waals surface area contributed by atoms with E-state index in [-0.39, 0.29) is 12.0 Å². The minimum absolute atomic E-state index is 0.107. The van der Waals surface area contributed by atoms with Gasteiger partial charge < -0.3 is 10.1 Å². The van der Waals surface area contributed by atoms with Crippen molar-refractivity contribution in [2.24, 2.45) is 0 Å². The Kier molecular flexibility index (Phi) is 4.28. The van der Waals surface area contributed by atoms with E-state index in [1.807, 2.05) is 44.2 Å². The number of aromatic amines is 1. The number of rotatable bonds is 5. The molecular weight excluding hydrogens is 290 g/mol. The van der Waals surface area contributed by atoms with E-state index in [9.17, 15) is 4.79 Å². The second-order valence-electron chi connectivity index (χ2n) is 5.67. The van der Waals surface area contributed by atoms with E-state index < -0.39 is 0 Å². The van der Waals surface area contributed by atoms with Crippen LogP contribution in [0.5, 0.6) is 5.75 Å². The van der Waals surface area contributed by atoms with Gasteiger partial charge in [-0.1, -0.05) is 18.2 Å². The van der Waals surface area contributed by atoms with Crippen LogP contribution in [0.2, 0.25) is 0 Å². The van der Waals surface area contributed by atoms with Crippen molar-refractivity contribution in [3.8, 4) is 5.75 Å². The highest BCUT2D eigenvalue weighted by Crippen LogP contribution is 2.15. The highest BCUT2D eigenvalue weighted by Gasteiger charge is 2.07. The van der Waals surface area contributed by atoms with Crippen LogP contribution in [0, 0.1) is 0 Å². The number of H-pyrrole nitrogens is 1. The van der Waals surface area contributed by atoms with Gasteiger partial charge in [0.1, 0.15) is 5.75 Å². The van der Waals surface area contributed by atoms with Crippen LogP contribution in [0.25, 0.3) is 10.9 Å². The SMILES string of the molecule is CC(C)Oc1ccc(CNC(=O)c2ccc3cn[nH]c3c2)cc1. The van der Waals surface area contributed by atoms with Crippen LogP contribution >= 0.6 is 0 Å². The lowest BCUT2D eigenvalue weighted by molar-refractivity contribution is 0.0951. The fraction of sp³-hybridized carbons (Fsp3) is 0.222. The Morgan fingerprint density at radius 2 is 2.00 bits per heavy atom. The summed E-state index contributed by atoms with van der Waals surface area (Å²) in [6.45, 7) is 4.46. The van der Waals surface area contributed by atoms with Gasteiger partial charge in [0.25, 0.3) is 5.91 Å². The van der Waals surface area contributed by atoms with Crippen molar-refractivity contribution in [2.45, 2.75) is 26.5 Å². The molecule has 0 aliphatic rings. The molecule has 0 radical (unpaired) electrons. The summed E-state index contributed by atoms with van der Waals surface area (Å²) in [4.78, 5) is 12.2. The van der Waals surface area contributed by atoms with Crippen LogP contribution in [0.4, 0.5) is 0 Å². The van der Waals surface area contributed by atoms with Gasteiger partial charge in [-0.15, -0.1) is 0 Å². The predicted octanol–water partition coefficient (Wildman–Crippen LogP) is 3.28. The summed E-state index contributed by atoms with van der Waals surface area (Å²) < 4.78 is 5.60. The molecule has 0 unspecified atom stereocenters. The Balaban J connectivity index is 1.61. The first kappa shape index (κ1) is 15.1. The van der Waals surface area contributed by atoms with Crippen molar-refractivity contribution in [2.75, 3.05) is 0 Å². The molecule has 0 aliphatic carbocycles. The fourth-order valence-corrected chi connectivity index (χ4v) is 2.32. The second kappa shape index (κ2) is 6.52. The molecule has 0 saturated heterocycles. The second-order valence-corrected chi connectivity index (χ2v) is 5.67. The maximum absolute atomic E-state index is 12.2. The van der Waals surface area contributed by atoms with Crippen LogP contribution in [0.15, 0.2) is 48.7 Å². The molecular formula is C18H19N3O2. The highest BCUT2D eigenvalue weighted by molar-refractivity contribution is 5.97. The zero-order valence-electron chi connectivity index (χ0n) is 13.2. The van der Waals surface area contributed by atoms with Crippen LogP contribution in [0.1, 0.15) is 29.8 Å². The van der Waals surface area contributed by atoms with E-state index in [0.29, 0.717) is 12.1 Å². The normalized spacial score (nSPS) is 10.9. The van der Waals surface area contributed by atoms with Gasteiger partial charge in [0.15, 0.2) is 0 Å². The van der Waals surface area contributed by atoms with Crippen molar-refractivity contribution in [1.82, 2.24) is 15.5 Å². The molecule has 0 fully saturated rings. The molecule has 0 bridgehead atoms. The minimum atomic E-state index is -0.107. The molecule has 3 rings (SSSR count). The van der Waals surface area contributed by atoms with E-state index in [4.69, 9.17) is 4.74 Å². The number of aromatic nitrogens is 2. The molecule has 23 heavy (non-hydrogen) atoms. The first-order valence-corrected chi connectivity index (χ1v) is 7.59. The number of carbonyl (C=O) groups excluding carboxylic acids is 1. The number of hydrogen-bond acceptors (Lipinski definition) is 3. The van der Waals surface area contributed by atoms with Crippen LogP contribution in [-0.2, 0) is 6.54 Å². The predicted molar refractivity (Wildman–Crippen MR) is 89.5 cm³/mol.